The monoisotopic (exact) mass is 375 g/mol. The lowest BCUT2D eigenvalue weighted by Gasteiger charge is -2.10. The Morgan fingerprint density at radius 3 is 2.56 bits per heavy atom. The zero-order valence-electron chi connectivity index (χ0n) is 13.3. The Labute approximate surface area is 155 Å². The van der Waals surface area contributed by atoms with E-state index in [1.165, 1.54) is 0 Å². The van der Waals surface area contributed by atoms with Gasteiger partial charge in [-0.15, -0.1) is 0 Å². The second kappa shape index (κ2) is 7.31. The van der Waals surface area contributed by atoms with Crippen molar-refractivity contribution in [2.75, 3.05) is 5.32 Å². The average molecular weight is 376 g/mol. The number of hydrogen-bond acceptors (Lipinski definition) is 3. The Balaban J connectivity index is 1.89. The van der Waals surface area contributed by atoms with E-state index in [-0.39, 0.29) is 12.5 Å². The standard InChI is InChI=1S/C19H15Cl2NO3/c1-11-2-5-14(16(21)8-11)19(24)22-17-9-12(3-6-15(17)20)18-7-4-13(10-23)25-18/h2-9,23H,10H2,1H3,(H,22,24). The molecule has 0 saturated heterocycles. The molecule has 0 atom stereocenters. The molecule has 1 amide bonds. The Morgan fingerprint density at radius 2 is 1.88 bits per heavy atom. The SMILES string of the molecule is Cc1ccc(C(=O)Nc2cc(-c3ccc(CO)o3)ccc2Cl)c(Cl)c1. The highest BCUT2D eigenvalue weighted by molar-refractivity contribution is 6.36. The molecule has 0 radical (unpaired) electrons. The van der Waals surface area contributed by atoms with Crippen molar-refractivity contribution in [3.8, 4) is 11.3 Å². The topological polar surface area (TPSA) is 62.5 Å². The van der Waals surface area contributed by atoms with Crippen molar-refractivity contribution >= 4 is 34.8 Å². The summed E-state index contributed by atoms with van der Waals surface area (Å²) in [6.07, 6.45) is 0. The molecule has 0 aliphatic rings. The summed E-state index contributed by atoms with van der Waals surface area (Å²) in [6.45, 7) is 1.72. The highest BCUT2D eigenvalue weighted by Crippen LogP contribution is 2.31. The smallest absolute Gasteiger partial charge is 0.257 e. The molecular formula is C19H15Cl2NO3. The van der Waals surface area contributed by atoms with Crippen LogP contribution in [0.3, 0.4) is 0 Å². The summed E-state index contributed by atoms with van der Waals surface area (Å²) in [6, 6.07) is 13.8. The maximum atomic E-state index is 12.5. The summed E-state index contributed by atoms with van der Waals surface area (Å²) >= 11 is 12.3. The molecule has 4 nitrogen and oxygen atoms in total. The Kier molecular flexibility index (Phi) is 5.13. The predicted octanol–water partition coefficient (Wildman–Crippen LogP) is 5.31. The normalized spacial score (nSPS) is 10.7. The van der Waals surface area contributed by atoms with Gasteiger partial charge in [-0.2, -0.15) is 0 Å². The molecule has 0 bridgehead atoms. The number of rotatable bonds is 4. The van der Waals surface area contributed by atoms with Crippen LogP contribution in [0.25, 0.3) is 11.3 Å². The Hall–Kier alpha value is -2.27. The van der Waals surface area contributed by atoms with Crippen molar-refractivity contribution in [1.82, 2.24) is 0 Å². The van der Waals surface area contributed by atoms with Crippen LogP contribution in [0.5, 0.6) is 0 Å². The van der Waals surface area contributed by atoms with Gasteiger partial charge in [-0.3, -0.25) is 4.79 Å². The first-order valence-electron chi connectivity index (χ1n) is 7.55. The van der Waals surface area contributed by atoms with Crippen LogP contribution < -0.4 is 5.32 Å². The second-order valence-electron chi connectivity index (χ2n) is 5.56. The van der Waals surface area contributed by atoms with Crippen molar-refractivity contribution in [3.05, 3.63) is 75.5 Å². The van der Waals surface area contributed by atoms with Gasteiger partial charge in [-0.25, -0.2) is 0 Å². The molecule has 1 heterocycles. The minimum Gasteiger partial charge on any atom is -0.459 e. The van der Waals surface area contributed by atoms with Crippen molar-refractivity contribution < 1.29 is 14.3 Å². The van der Waals surface area contributed by atoms with Crippen molar-refractivity contribution in [2.45, 2.75) is 13.5 Å². The summed E-state index contributed by atoms with van der Waals surface area (Å²) in [4.78, 5) is 12.5. The molecule has 3 aromatic rings. The van der Waals surface area contributed by atoms with Gasteiger partial charge in [0.25, 0.3) is 5.91 Å². The summed E-state index contributed by atoms with van der Waals surface area (Å²) in [5.74, 6) is 0.686. The number of aliphatic hydroxyl groups excluding tert-OH is 1. The largest absolute Gasteiger partial charge is 0.459 e. The van der Waals surface area contributed by atoms with Gasteiger partial charge < -0.3 is 14.8 Å². The molecule has 6 heteroatoms. The van der Waals surface area contributed by atoms with Crippen LogP contribution >= 0.6 is 23.2 Å². The number of carbonyl (C=O) groups is 1. The van der Waals surface area contributed by atoms with E-state index in [9.17, 15) is 4.79 Å². The highest BCUT2D eigenvalue weighted by Gasteiger charge is 2.14. The minimum atomic E-state index is -0.348. The predicted molar refractivity (Wildman–Crippen MR) is 99.2 cm³/mol. The van der Waals surface area contributed by atoms with Crippen LogP contribution in [0.1, 0.15) is 21.7 Å². The van der Waals surface area contributed by atoms with E-state index < -0.39 is 0 Å². The fraction of sp³-hybridized carbons (Fsp3) is 0.105. The number of anilines is 1. The first-order chi connectivity index (χ1) is 12.0. The molecule has 2 aromatic carbocycles. The number of aliphatic hydroxyl groups is 1. The molecule has 0 spiro atoms. The van der Waals surface area contributed by atoms with Gasteiger partial charge in [-0.1, -0.05) is 29.3 Å². The highest BCUT2D eigenvalue weighted by atomic mass is 35.5. The lowest BCUT2D eigenvalue weighted by Crippen LogP contribution is -2.13. The first-order valence-corrected chi connectivity index (χ1v) is 8.30. The summed E-state index contributed by atoms with van der Waals surface area (Å²) in [5.41, 5.74) is 2.52. The van der Waals surface area contributed by atoms with Gasteiger partial charge in [0.2, 0.25) is 0 Å². The van der Waals surface area contributed by atoms with Crippen LogP contribution in [-0.4, -0.2) is 11.0 Å². The van der Waals surface area contributed by atoms with Crippen LogP contribution in [-0.2, 0) is 6.61 Å². The number of aryl methyl sites for hydroxylation is 1. The maximum Gasteiger partial charge on any atom is 0.257 e. The molecule has 2 N–H and O–H groups in total. The van der Waals surface area contributed by atoms with E-state index in [0.717, 1.165) is 11.1 Å². The van der Waals surface area contributed by atoms with Crippen molar-refractivity contribution in [1.29, 1.82) is 0 Å². The fourth-order valence-electron chi connectivity index (χ4n) is 2.39. The summed E-state index contributed by atoms with van der Waals surface area (Å²) in [5, 5.41) is 12.6. The van der Waals surface area contributed by atoms with Gasteiger partial charge in [0.05, 0.1) is 21.3 Å². The number of amides is 1. The van der Waals surface area contributed by atoms with Crippen LogP contribution in [0.2, 0.25) is 10.0 Å². The molecule has 1 aromatic heterocycles. The number of furan rings is 1. The van der Waals surface area contributed by atoms with E-state index >= 15 is 0 Å². The zero-order valence-corrected chi connectivity index (χ0v) is 14.9. The molecule has 0 aliphatic carbocycles. The van der Waals surface area contributed by atoms with Gasteiger partial charge in [0, 0.05) is 5.56 Å². The van der Waals surface area contributed by atoms with Crippen LogP contribution in [0.4, 0.5) is 5.69 Å². The average Bonchev–Trinajstić information content (AvgIpc) is 3.06. The van der Waals surface area contributed by atoms with Gasteiger partial charge in [0.1, 0.15) is 18.1 Å². The number of benzene rings is 2. The quantitative estimate of drug-likeness (QED) is 0.649. The third-order valence-corrected chi connectivity index (χ3v) is 4.33. The maximum absolute atomic E-state index is 12.5. The van der Waals surface area contributed by atoms with E-state index in [1.807, 2.05) is 13.0 Å². The van der Waals surface area contributed by atoms with E-state index in [1.54, 1.807) is 42.5 Å². The van der Waals surface area contributed by atoms with Crippen LogP contribution in [0.15, 0.2) is 52.9 Å². The van der Waals surface area contributed by atoms with E-state index in [2.05, 4.69) is 5.32 Å². The molecule has 0 saturated carbocycles. The number of hydrogen-bond donors (Lipinski definition) is 2. The molecule has 128 valence electrons. The molecule has 0 fully saturated rings. The van der Waals surface area contributed by atoms with Gasteiger partial charge in [0.15, 0.2) is 0 Å². The fourth-order valence-corrected chi connectivity index (χ4v) is 2.87. The third kappa shape index (κ3) is 3.87. The molecule has 25 heavy (non-hydrogen) atoms. The van der Waals surface area contributed by atoms with Crippen LogP contribution in [0, 0.1) is 6.92 Å². The van der Waals surface area contributed by atoms with E-state index in [4.69, 9.17) is 32.7 Å². The van der Waals surface area contributed by atoms with E-state index in [0.29, 0.717) is 32.8 Å². The molecule has 0 unspecified atom stereocenters. The Bertz CT molecular complexity index is 934. The van der Waals surface area contributed by atoms with Crippen molar-refractivity contribution in [2.24, 2.45) is 0 Å². The first kappa shape index (κ1) is 17.5. The summed E-state index contributed by atoms with van der Waals surface area (Å²) < 4.78 is 5.51. The minimum absolute atomic E-state index is 0.177. The number of carbonyl (C=O) groups excluding carboxylic acids is 1. The lowest BCUT2D eigenvalue weighted by atomic mass is 10.1. The number of halogens is 2. The van der Waals surface area contributed by atoms with Crippen molar-refractivity contribution in [3.63, 3.8) is 0 Å². The second-order valence-corrected chi connectivity index (χ2v) is 6.37. The summed E-state index contributed by atoms with van der Waals surface area (Å²) in [7, 11) is 0. The Morgan fingerprint density at radius 1 is 1.08 bits per heavy atom. The van der Waals surface area contributed by atoms with Gasteiger partial charge in [-0.05, 0) is 55.0 Å². The number of nitrogens with one attached hydrogen (secondary N) is 1. The third-order valence-electron chi connectivity index (χ3n) is 3.69. The lowest BCUT2D eigenvalue weighted by molar-refractivity contribution is 0.102. The zero-order chi connectivity index (χ0) is 18.0. The molecular weight excluding hydrogens is 361 g/mol. The molecule has 3 rings (SSSR count). The molecule has 0 aliphatic heterocycles. The van der Waals surface area contributed by atoms with Gasteiger partial charge >= 0.3 is 0 Å².